The van der Waals surface area contributed by atoms with Crippen molar-refractivity contribution in [3.8, 4) is 17.0 Å². The van der Waals surface area contributed by atoms with Crippen LogP contribution in [-0.4, -0.2) is 34.9 Å². The van der Waals surface area contributed by atoms with Crippen LogP contribution in [0.4, 0.5) is 0 Å². The molecule has 6 heteroatoms. The fourth-order valence-corrected chi connectivity index (χ4v) is 2.56. The number of rotatable bonds is 5. The molecule has 3 rings (SSSR count). The SMILES string of the molecule is COCCOc1cccc(-c2nc3ccc(Br)nn3c2C)c1. The summed E-state index contributed by atoms with van der Waals surface area (Å²) in [4.78, 5) is 4.66. The van der Waals surface area contributed by atoms with Crippen molar-refractivity contribution in [2.24, 2.45) is 0 Å². The summed E-state index contributed by atoms with van der Waals surface area (Å²) in [5, 5.41) is 4.43. The van der Waals surface area contributed by atoms with Gasteiger partial charge >= 0.3 is 0 Å². The van der Waals surface area contributed by atoms with Crippen LogP contribution in [0.25, 0.3) is 16.9 Å². The van der Waals surface area contributed by atoms with Crippen LogP contribution in [0.3, 0.4) is 0 Å². The van der Waals surface area contributed by atoms with Crippen LogP contribution in [0.15, 0.2) is 41.0 Å². The molecule has 22 heavy (non-hydrogen) atoms. The Hall–Kier alpha value is -1.92. The molecule has 0 aliphatic heterocycles. The molecule has 0 bridgehead atoms. The predicted molar refractivity (Wildman–Crippen MR) is 88.2 cm³/mol. The summed E-state index contributed by atoms with van der Waals surface area (Å²) in [5.74, 6) is 0.806. The Balaban J connectivity index is 1.97. The topological polar surface area (TPSA) is 48.7 Å². The van der Waals surface area contributed by atoms with E-state index >= 15 is 0 Å². The smallest absolute Gasteiger partial charge is 0.154 e. The molecule has 0 unspecified atom stereocenters. The fraction of sp³-hybridized carbons (Fsp3) is 0.250. The van der Waals surface area contributed by atoms with Gasteiger partial charge in [0, 0.05) is 12.7 Å². The van der Waals surface area contributed by atoms with Crippen molar-refractivity contribution in [1.29, 1.82) is 0 Å². The second-order valence-electron chi connectivity index (χ2n) is 4.84. The molecule has 2 heterocycles. The summed E-state index contributed by atoms with van der Waals surface area (Å²) in [7, 11) is 1.66. The third-order valence-corrected chi connectivity index (χ3v) is 3.76. The van der Waals surface area contributed by atoms with Crippen LogP contribution >= 0.6 is 15.9 Å². The van der Waals surface area contributed by atoms with Crippen molar-refractivity contribution < 1.29 is 9.47 Å². The number of methoxy groups -OCH3 is 1. The van der Waals surface area contributed by atoms with Crippen LogP contribution in [0.2, 0.25) is 0 Å². The number of ether oxygens (including phenoxy) is 2. The highest BCUT2D eigenvalue weighted by Gasteiger charge is 2.12. The van der Waals surface area contributed by atoms with Gasteiger partial charge in [-0.15, -0.1) is 0 Å². The van der Waals surface area contributed by atoms with Crippen LogP contribution in [0.1, 0.15) is 5.69 Å². The van der Waals surface area contributed by atoms with Gasteiger partial charge in [0.05, 0.1) is 18.0 Å². The van der Waals surface area contributed by atoms with E-state index in [4.69, 9.17) is 9.47 Å². The lowest BCUT2D eigenvalue weighted by Crippen LogP contribution is -2.04. The number of imidazole rings is 1. The Bertz CT molecular complexity index is 801. The van der Waals surface area contributed by atoms with Crippen LogP contribution in [0, 0.1) is 6.92 Å². The number of aryl methyl sites for hydroxylation is 1. The van der Waals surface area contributed by atoms with Crippen molar-refractivity contribution in [3.05, 3.63) is 46.7 Å². The number of aromatic nitrogens is 3. The molecule has 0 aliphatic carbocycles. The first-order valence-corrected chi connectivity index (χ1v) is 7.72. The lowest BCUT2D eigenvalue weighted by atomic mass is 10.1. The first-order chi connectivity index (χ1) is 10.7. The number of benzene rings is 1. The zero-order valence-electron chi connectivity index (χ0n) is 12.4. The molecular formula is C16H16BrN3O2. The molecular weight excluding hydrogens is 346 g/mol. The molecule has 5 nitrogen and oxygen atoms in total. The fourth-order valence-electron chi connectivity index (χ4n) is 2.27. The van der Waals surface area contributed by atoms with Crippen molar-refractivity contribution in [2.75, 3.05) is 20.3 Å². The zero-order chi connectivity index (χ0) is 15.5. The van der Waals surface area contributed by atoms with E-state index in [1.165, 1.54) is 0 Å². The predicted octanol–water partition coefficient (Wildman–Crippen LogP) is 3.49. The van der Waals surface area contributed by atoms with Gasteiger partial charge in [0.15, 0.2) is 5.65 Å². The number of hydrogen-bond acceptors (Lipinski definition) is 4. The zero-order valence-corrected chi connectivity index (χ0v) is 14.0. The van der Waals surface area contributed by atoms with Crippen molar-refractivity contribution in [1.82, 2.24) is 14.6 Å². The van der Waals surface area contributed by atoms with Crippen LogP contribution in [0.5, 0.6) is 5.75 Å². The van der Waals surface area contributed by atoms with Gasteiger partial charge in [-0.25, -0.2) is 9.50 Å². The van der Waals surface area contributed by atoms with E-state index in [9.17, 15) is 0 Å². The molecule has 3 aromatic rings. The number of halogens is 1. The molecule has 0 atom stereocenters. The largest absolute Gasteiger partial charge is 0.491 e. The van der Waals surface area contributed by atoms with E-state index in [0.717, 1.165) is 33.0 Å². The van der Waals surface area contributed by atoms with Gasteiger partial charge in [0.2, 0.25) is 0 Å². The third-order valence-electron chi connectivity index (χ3n) is 3.33. The Kier molecular flexibility index (Phi) is 4.40. The first-order valence-electron chi connectivity index (χ1n) is 6.93. The Morgan fingerprint density at radius 1 is 1.18 bits per heavy atom. The minimum atomic E-state index is 0.526. The Morgan fingerprint density at radius 3 is 2.86 bits per heavy atom. The summed E-state index contributed by atoms with van der Waals surface area (Å²) in [6, 6.07) is 11.7. The molecule has 1 aromatic carbocycles. The van der Waals surface area contributed by atoms with Crippen LogP contribution < -0.4 is 4.74 Å². The molecule has 0 fully saturated rings. The summed E-state index contributed by atoms with van der Waals surface area (Å²) in [5.41, 5.74) is 3.73. The summed E-state index contributed by atoms with van der Waals surface area (Å²) >= 11 is 3.39. The number of hydrogen-bond donors (Lipinski definition) is 0. The summed E-state index contributed by atoms with van der Waals surface area (Å²) < 4.78 is 13.3. The van der Waals surface area contributed by atoms with Gasteiger partial charge in [-0.05, 0) is 47.1 Å². The van der Waals surface area contributed by atoms with E-state index in [0.29, 0.717) is 13.2 Å². The molecule has 0 aliphatic rings. The Labute approximate surface area is 137 Å². The van der Waals surface area contributed by atoms with Crippen molar-refractivity contribution in [2.45, 2.75) is 6.92 Å². The Morgan fingerprint density at radius 2 is 2.05 bits per heavy atom. The number of nitrogens with zero attached hydrogens (tertiary/aromatic N) is 3. The standard InChI is InChI=1S/C16H16BrN3O2/c1-11-16(18-15-7-6-14(17)19-20(11)15)12-4-3-5-13(10-12)22-9-8-21-2/h3-7,10H,8-9H2,1-2H3. The second-order valence-corrected chi connectivity index (χ2v) is 5.65. The first kappa shape index (κ1) is 15.0. The van der Waals surface area contributed by atoms with E-state index < -0.39 is 0 Å². The van der Waals surface area contributed by atoms with Crippen molar-refractivity contribution >= 4 is 21.6 Å². The molecule has 0 amide bonds. The van der Waals surface area contributed by atoms with Gasteiger partial charge in [-0.2, -0.15) is 5.10 Å². The average Bonchev–Trinajstić information content (AvgIpc) is 2.85. The van der Waals surface area contributed by atoms with E-state index in [-0.39, 0.29) is 0 Å². The van der Waals surface area contributed by atoms with Gasteiger partial charge < -0.3 is 9.47 Å². The van der Waals surface area contributed by atoms with E-state index in [1.807, 2.05) is 47.8 Å². The molecule has 0 saturated heterocycles. The number of fused-ring (bicyclic) bond motifs is 1. The van der Waals surface area contributed by atoms with E-state index in [1.54, 1.807) is 7.11 Å². The van der Waals surface area contributed by atoms with E-state index in [2.05, 4.69) is 26.0 Å². The lowest BCUT2D eigenvalue weighted by molar-refractivity contribution is 0.146. The normalized spacial score (nSPS) is 11.0. The highest BCUT2D eigenvalue weighted by molar-refractivity contribution is 9.10. The molecule has 2 aromatic heterocycles. The van der Waals surface area contributed by atoms with Gasteiger partial charge in [0.1, 0.15) is 17.0 Å². The average molecular weight is 362 g/mol. The summed E-state index contributed by atoms with van der Waals surface area (Å²) in [6.07, 6.45) is 0. The van der Waals surface area contributed by atoms with Gasteiger partial charge in [-0.1, -0.05) is 12.1 Å². The summed E-state index contributed by atoms with van der Waals surface area (Å²) in [6.45, 7) is 3.10. The maximum atomic E-state index is 5.66. The maximum absolute atomic E-state index is 5.66. The lowest BCUT2D eigenvalue weighted by Gasteiger charge is -2.07. The highest BCUT2D eigenvalue weighted by atomic mass is 79.9. The molecule has 0 radical (unpaired) electrons. The van der Waals surface area contributed by atoms with Gasteiger partial charge in [-0.3, -0.25) is 0 Å². The van der Waals surface area contributed by atoms with Crippen molar-refractivity contribution in [3.63, 3.8) is 0 Å². The molecule has 114 valence electrons. The van der Waals surface area contributed by atoms with Crippen LogP contribution in [-0.2, 0) is 4.74 Å². The minimum Gasteiger partial charge on any atom is -0.491 e. The van der Waals surface area contributed by atoms with Gasteiger partial charge in [0.25, 0.3) is 0 Å². The monoisotopic (exact) mass is 361 g/mol. The highest BCUT2D eigenvalue weighted by Crippen LogP contribution is 2.27. The molecule has 0 N–H and O–H groups in total. The second kappa shape index (κ2) is 6.46. The maximum Gasteiger partial charge on any atom is 0.154 e. The molecule has 0 saturated carbocycles. The minimum absolute atomic E-state index is 0.526. The third kappa shape index (κ3) is 2.98. The molecule has 0 spiro atoms. The quantitative estimate of drug-likeness (QED) is 0.652.